The van der Waals surface area contributed by atoms with E-state index in [1.54, 1.807) is 6.26 Å². The van der Waals surface area contributed by atoms with Gasteiger partial charge in [-0.3, -0.25) is 18.9 Å². The van der Waals surface area contributed by atoms with Crippen LogP contribution in [0.3, 0.4) is 0 Å². The van der Waals surface area contributed by atoms with Crippen LogP contribution in [0.1, 0.15) is 21.6 Å². The number of nitrogens with zero attached hydrogens (tertiary/aromatic N) is 6. The molecule has 1 saturated heterocycles. The highest BCUT2D eigenvalue weighted by Gasteiger charge is 2.29. The second kappa shape index (κ2) is 9.72. The molecule has 6 heterocycles. The zero-order valence-electron chi connectivity index (χ0n) is 23.1. The van der Waals surface area contributed by atoms with Crippen LogP contribution in [-0.2, 0) is 17.9 Å². The number of aromatic nitrogens is 3. The summed E-state index contributed by atoms with van der Waals surface area (Å²) in [6.45, 7) is 2.79. The predicted molar refractivity (Wildman–Crippen MR) is 156 cm³/mol. The summed E-state index contributed by atoms with van der Waals surface area (Å²) in [4.78, 5) is 41.3. The third-order valence-corrected chi connectivity index (χ3v) is 7.71. The van der Waals surface area contributed by atoms with Gasteiger partial charge < -0.3 is 24.9 Å². The molecular formula is C30H30N8O3. The average Bonchev–Trinajstić information content (AvgIpc) is 3.68. The van der Waals surface area contributed by atoms with Crippen molar-refractivity contribution in [2.24, 2.45) is 0 Å². The Balaban J connectivity index is 1.27. The summed E-state index contributed by atoms with van der Waals surface area (Å²) in [6, 6.07) is 13.5. The van der Waals surface area contributed by atoms with E-state index in [2.05, 4.69) is 20.0 Å². The fraction of sp³-hybridized carbons (Fsp3) is 0.267. The van der Waals surface area contributed by atoms with Gasteiger partial charge >= 0.3 is 0 Å². The number of hydrogen-bond acceptors (Lipinski definition) is 8. The SMILES string of the molecule is CN(C)Cc1nc(Nc2ccc(-c3cnc4ccc5occc5n34)c3c2C(=O)NC3)ccc1N1CCN(C)CC1=O. The Bertz CT molecular complexity index is 1840. The topological polar surface area (TPSA) is 111 Å². The number of likely N-dealkylation sites (N-methyl/N-ethyl adjacent to an activating group) is 1. The highest BCUT2D eigenvalue weighted by atomic mass is 16.3. The summed E-state index contributed by atoms with van der Waals surface area (Å²) in [6.07, 6.45) is 3.50. The van der Waals surface area contributed by atoms with E-state index < -0.39 is 0 Å². The van der Waals surface area contributed by atoms with Gasteiger partial charge in [-0.1, -0.05) is 6.07 Å². The molecule has 0 saturated carbocycles. The van der Waals surface area contributed by atoms with Crippen molar-refractivity contribution in [3.63, 3.8) is 0 Å². The van der Waals surface area contributed by atoms with Crippen molar-refractivity contribution < 1.29 is 14.0 Å². The number of carbonyl (C=O) groups is 2. The van der Waals surface area contributed by atoms with Crippen molar-refractivity contribution in [1.29, 1.82) is 0 Å². The first-order valence-electron chi connectivity index (χ1n) is 13.6. The number of fused-ring (bicyclic) bond motifs is 4. The molecule has 208 valence electrons. The first kappa shape index (κ1) is 25.2. The lowest BCUT2D eigenvalue weighted by Crippen LogP contribution is -2.49. The van der Waals surface area contributed by atoms with Gasteiger partial charge in [0.1, 0.15) is 11.5 Å². The Morgan fingerprint density at radius 3 is 2.78 bits per heavy atom. The molecule has 11 heteroatoms. The lowest BCUT2D eigenvalue weighted by Gasteiger charge is -2.33. The number of piperazine rings is 1. The Hall–Kier alpha value is -4.74. The Kier molecular flexibility index (Phi) is 5.98. The first-order valence-corrected chi connectivity index (χ1v) is 13.6. The monoisotopic (exact) mass is 550 g/mol. The molecule has 7 rings (SSSR count). The van der Waals surface area contributed by atoms with Crippen LogP contribution in [0.5, 0.6) is 0 Å². The maximum absolute atomic E-state index is 13.1. The van der Waals surface area contributed by atoms with Gasteiger partial charge in [-0.15, -0.1) is 0 Å². The molecule has 4 aromatic heterocycles. The molecule has 1 fully saturated rings. The van der Waals surface area contributed by atoms with Crippen molar-refractivity contribution >= 4 is 45.8 Å². The van der Waals surface area contributed by atoms with Gasteiger partial charge in [-0.05, 0) is 57.0 Å². The number of anilines is 3. The minimum Gasteiger partial charge on any atom is -0.463 e. The number of pyridine rings is 2. The minimum atomic E-state index is -0.139. The van der Waals surface area contributed by atoms with Crippen molar-refractivity contribution in [3.05, 3.63) is 71.7 Å². The molecule has 0 spiro atoms. The zero-order chi connectivity index (χ0) is 28.2. The summed E-state index contributed by atoms with van der Waals surface area (Å²) >= 11 is 0. The number of amides is 2. The van der Waals surface area contributed by atoms with Crippen molar-refractivity contribution in [1.82, 2.24) is 29.5 Å². The molecule has 2 aliphatic heterocycles. The molecule has 0 unspecified atom stereocenters. The normalized spacial score (nSPS) is 15.8. The highest BCUT2D eigenvalue weighted by Crippen LogP contribution is 2.37. The van der Waals surface area contributed by atoms with Crippen LogP contribution < -0.4 is 15.5 Å². The van der Waals surface area contributed by atoms with Gasteiger partial charge in [0.05, 0.1) is 52.8 Å². The quantitative estimate of drug-likeness (QED) is 0.331. The lowest BCUT2D eigenvalue weighted by molar-refractivity contribution is -0.120. The molecule has 0 atom stereocenters. The number of furan rings is 1. The maximum atomic E-state index is 13.1. The predicted octanol–water partition coefficient (Wildman–Crippen LogP) is 3.47. The van der Waals surface area contributed by atoms with Gasteiger partial charge in [0, 0.05) is 37.8 Å². The zero-order valence-corrected chi connectivity index (χ0v) is 23.1. The van der Waals surface area contributed by atoms with Gasteiger partial charge in [-0.25, -0.2) is 9.97 Å². The maximum Gasteiger partial charge on any atom is 0.254 e. The number of benzene rings is 1. The third kappa shape index (κ3) is 4.30. The summed E-state index contributed by atoms with van der Waals surface area (Å²) < 4.78 is 7.67. The van der Waals surface area contributed by atoms with Crippen LogP contribution >= 0.6 is 0 Å². The average molecular weight is 551 g/mol. The second-order valence-corrected chi connectivity index (χ2v) is 10.8. The second-order valence-electron chi connectivity index (χ2n) is 10.8. The first-order chi connectivity index (χ1) is 19.9. The van der Waals surface area contributed by atoms with Crippen LogP contribution in [0.15, 0.2) is 59.3 Å². The molecule has 1 aromatic carbocycles. The summed E-state index contributed by atoms with van der Waals surface area (Å²) in [5.41, 5.74) is 8.08. The van der Waals surface area contributed by atoms with E-state index in [0.717, 1.165) is 51.5 Å². The molecule has 11 nitrogen and oxygen atoms in total. The molecule has 2 amide bonds. The Morgan fingerprint density at radius 1 is 1.07 bits per heavy atom. The van der Waals surface area contributed by atoms with Crippen molar-refractivity contribution in [3.8, 4) is 11.3 Å². The number of nitrogens with one attached hydrogen (secondary N) is 2. The van der Waals surface area contributed by atoms with E-state index in [4.69, 9.17) is 9.40 Å². The van der Waals surface area contributed by atoms with Gasteiger partial charge in [0.25, 0.3) is 5.91 Å². The van der Waals surface area contributed by atoms with E-state index in [1.807, 2.05) is 84.5 Å². The minimum absolute atomic E-state index is 0.0615. The summed E-state index contributed by atoms with van der Waals surface area (Å²) in [5, 5.41) is 6.38. The summed E-state index contributed by atoms with van der Waals surface area (Å²) in [5.74, 6) is 0.531. The van der Waals surface area contributed by atoms with Crippen molar-refractivity contribution in [2.75, 3.05) is 51.0 Å². The molecule has 0 bridgehead atoms. The highest BCUT2D eigenvalue weighted by molar-refractivity contribution is 6.06. The van der Waals surface area contributed by atoms with E-state index in [-0.39, 0.29) is 11.8 Å². The molecule has 0 aliphatic carbocycles. The van der Waals surface area contributed by atoms with Gasteiger partial charge in [0.15, 0.2) is 5.58 Å². The van der Waals surface area contributed by atoms with E-state index >= 15 is 0 Å². The van der Waals surface area contributed by atoms with E-state index in [9.17, 15) is 9.59 Å². The van der Waals surface area contributed by atoms with Crippen LogP contribution in [-0.4, -0.2) is 76.8 Å². The fourth-order valence-corrected chi connectivity index (χ4v) is 5.80. The number of hydrogen-bond donors (Lipinski definition) is 2. The van der Waals surface area contributed by atoms with Crippen molar-refractivity contribution in [2.45, 2.75) is 13.1 Å². The van der Waals surface area contributed by atoms with Gasteiger partial charge in [-0.2, -0.15) is 0 Å². The molecule has 2 aliphatic rings. The van der Waals surface area contributed by atoms with Crippen LogP contribution in [0, 0.1) is 0 Å². The molecule has 5 aromatic rings. The number of imidazole rings is 1. The molecule has 0 radical (unpaired) electrons. The lowest BCUT2D eigenvalue weighted by atomic mass is 9.99. The smallest absolute Gasteiger partial charge is 0.254 e. The largest absolute Gasteiger partial charge is 0.463 e. The summed E-state index contributed by atoms with van der Waals surface area (Å²) in [7, 11) is 5.91. The fourth-order valence-electron chi connectivity index (χ4n) is 5.80. The number of rotatable bonds is 6. The van der Waals surface area contributed by atoms with Crippen LogP contribution in [0.25, 0.3) is 28.0 Å². The number of carbonyl (C=O) groups excluding carboxylic acids is 2. The standard InChI is InChI=1S/C30H30N8O3/c1-35(2)16-21-22(37-12-11-36(3)17-28(37)39)6-8-26(34-21)33-20-5-4-18(19-14-32-30(40)29(19)20)24-15-31-27-9-7-25-23(38(24)27)10-13-41-25/h4-10,13,15H,11-12,14,16-17H2,1-3H3,(H,32,40)(H,33,34). The molecule has 41 heavy (non-hydrogen) atoms. The van der Waals surface area contributed by atoms with Gasteiger partial charge in [0.2, 0.25) is 5.91 Å². The Labute approximate surface area is 236 Å². The Morgan fingerprint density at radius 2 is 1.95 bits per heavy atom. The van der Waals surface area contributed by atoms with E-state index in [0.29, 0.717) is 43.2 Å². The molecular weight excluding hydrogens is 520 g/mol. The third-order valence-electron chi connectivity index (χ3n) is 7.71. The van der Waals surface area contributed by atoms with E-state index in [1.165, 1.54) is 0 Å². The molecule has 2 N–H and O–H groups in total. The van der Waals surface area contributed by atoms with Crippen LogP contribution in [0.4, 0.5) is 17.2 Å². The van der Waals surface area contributed by atoms with Crippen LogP contribution in [0.2, 0.25) is 0 Å².